The van der Waals surface area contributed by atoms with Gasteiger partial charge in [-0.15, -0.1) is 0 Å². The second kappa shape index (κ2) is 11.0. The summed E-state index contributed by atoms with van der Waals surface area (Å²) in [6.07, 6.45) is 3.31. The number of hydrazine groups is 1. The smallest absolute Gasteiger partial charge is 0.269 e. The highest BCUT2D eigenvalue weighted by atomic mass is 32.2. The van der Waals surface area contributed by atoms with E-state index < -0.39 is 21.8 Å². The first-order valence-corrected chi connectivity index (χ1v) is 13.3. The van der Waals surface area contributed by atoms with E-state index in [1.807, 2.05) is 30.3 Å². The number of piperidine rings is 1. The van der Waals surface area contributed by atoms with E-state index in [1.54, 1.807) is 4.90 Å². The van der Waals surface area contributed by atoms with Crippen LogP contribution in [0, 0.1) is 5.92 Å². The molecule has 2 heterocycles. The number of carbonyl (C=O) groups is 3. The maximum atomic E-state index is 12.6. The first-order valence-electron chi connectivity index (χ1n) is 11.9. The van der Waals surface area contributed by atoms with Gasteiger partial charge in [-0.2, -0.15) is 4.31 Å². The molecular weight excluding hydrogens is 468 g/mol. The average Bonchev–Trinajstić information content (AvgIpc) is 3.44. The quantitative estimate of drug-likeness (QED) is 0.589. The largest absolute Gasteiger partial charge is 0.342 e. The molecule has 2 N–H and O–H groups in total. The summed E-state index contributed by atoms with van der Waals surface area (Å²) in [5.41, 5.74) is 5.99. The molecule has 1 atom stereocenters. The van der Waals surface area contributed by atoms with Gasteiger partial charge in [0.15, 0.2) is 0 Å². The van der Waals surface area contributed by atoms with Crippen molar-refractivity contribution in [3.63, 3.8) is 0 Å². The molecule has 1 unspecified atom stereocenters. The number of likely N-dealkylation sites (tertiary alicyclic amines) is 1. The molecule has 0 bridgehead atoms. The lowest BCUT2D eigenvalue weighted by molar-refractivity contribution is -0.135. The number of nitrogens with one attached hydrogen (secondary N) is 2. The summed E-state index contributed by atoms with van der Waals surface area (Å²) >= 11 is 0. The predicted molar refractivity (Wildman–Crippen MR) is 129 cm³/mol. The first-order chi connectivity index (χ1) is 16.8. The van der Waals surface area contributed by atoms with Gasteiger partial charge in [-0.1, -0.05) is 30.3 Å². The van der Waals surface area contributed by atoms with Crippen LogP contribution in [-0.4, -0.2) is 61.5 Å². The van der Waals surface area contributed by atoms with Gasteiger partial charge in [0.25, 0.3) is 5.91 Å². The highest BCUT2D eigenvalue weighted by molar-refractivity contribution is 7.89. The molecule has 35 heavy (non-hydrogen) atoms. The Morgan fingerprint density at radius 3 is 2.23 bits per heavy atom. The lowest BCUT2D eigenvalue weighted by atomic mass is 9.97. The Morgan fingerprint density at radius 1 is 0.857 bits per heavy atom. The fourth-order valence-corrected chi connectivity index (χ4v) is 5.97. The summed E-state index contributed by atoms with van der Waals surface area (Å²) in [4.78, 5) is 39.6. The number of amides is 3. The van der Waals surface area contributed by atoms with E-state index in [0.717, 1.165) is 18.4 Å². The van der Waals surface area contributed by atoms with Crippen LogP contribution in [0.4, 0.5) is 0 Å². The van der Waals surface area contributed by atoms with Gasteiger partial charge in [0.05, 0.1) is 17.2 Å². The van der Waals surface area contributed by atoms with Crippen molar-refractivity contribution in [1.82, 2.24) is 20.1 Å². The zero-order valence-electron chi connectivity index (χ0n) is 19.5. The lowest BCUT2D eigenvalue weighted by Gasteiger charge is -2.32. The Labute approximate surface area is 205 Å². The highest BCUT2D eigenvalue weighted by Crippen LogP contribution is 2.21. The Bertz CT molecular complexity index is 1160. The molecule has 2 saturated heterocycles. The van der Waals surface area contributed by atoms with E-state index in [0.29, 0.717) is 39.0 Å². The van der Waals surface area contributed by atoms with Crippen molar-refractivity contribution in [1.29, 1.82) is 0 Å². The fourth-order valence-electron chi connectivity index (χ4n) is 4.45. The molecule has 2 aliphatic heterocycles. The van der Waals surface area contributed by atoms with Crippen molar-refractivity contribution >= 4 is 27.7 Å². The second-order valence-corrected chi connectivity index (χ2v) is 10.9. The summed E-state index contributed by atoms with van der Waals surface area (Å²) < 4.78 is 26.7. The normalized spacial score (nSPS) is 18.7. The summed E-state index contributed by atoms with van der Waals surface area (Å²) in [6.45, 7) is 1.92. The topological polar surface area (TPSA) is 116 Å². The molecule has 2 aliphatic rings. The predicted octanol–water partition coefficient (Wildman–Crippen LogP) is 1.71. The number of rotatable bonds is 6. The number of benzene rings is 2. The van der Waals surface area contributed by atoms with Gasteiger partial charge in [0.1, 0.15) is 0 Å². The zero-order chi connectivity index (χ0) is 24.8. The highest BCUT2D eigenvalue weighted by Gasteiger charge is 2.29. The zero-order valence-corrected chi connectivity index (χ0v) is 20.3. The molecule has 4 rings (SSSR count). The summed E-state index contributed by atoms with van der Waals surface area (Å²) in [5.74, 6) is -1.35. The van der Waals surface area contributed by atoms with Crippen LogP contribution in [0.1, 0.15) is 41.6 Å². The fraction of sp³-hybridized carbons (Fsp3) is 0.400. The summed E-state index contributed by atoms with van der Waals surface area (Å²) in [7, 11) is -3.55. The maximum Gasteiger partial charge on any atom is 0.269 e. The van der Waals surface area contributed by atoms with E-state index in [-0.39, 0.29) is 28.7 Å². The monoisotopic (exact) mass is 498 g/mol. The van der Waals surface area contributed by atoms with E-state index >= 15 is 0 Å². The van der Waals surface area contributed by atoms with Crippen molar-refractivity contribution in [3.05, 3.63) is 65.7 Å². The van der Waals surface area contributed by atoms with Gasteiger partial charge >= 0.3 is 0 Å². The SMILES string of the molecule is O=C(NNC(=O)C1CCCN(C(=O)Cc2ccccc2)C1)c1ccc(S(=O)(=O)N2CCCC2)cc1. The summed E-state index contributed by atoms with van der Waals surface area (Å²) in [5, 5.41) is 0. The average molecular weight is 499 g/mol. The van der Waals surface area contributed by atoms with Crippen LogP contribution in [0.3, 0.4) is 0 Å². The third-order valence-corrected chi connectivity index (χ3v) is 8.37. The molecule has 0 aliphatic carbocycles. The van der Waals surface area contributed by atoms with Gasteiger partial charge in [0, 0.05) is 31.7 Å². The first kappa shape index (κ1) is 24.9. The van der Waals surface area contributed by atoms with Crippen LogP contribution < -0.4 is 10.9 Å². The van der Waals surface area contributed by atoms with Crippen LogP contribution in [0.15, 0.2) is 59.5 Å². The lowest BCUT2D eigenvalue weighted by Crippen LogP contribution is -2.50. The van der Waals surface area contributed by atoms with Crippen LogP contribution in [-0.2, 0) is 26.0 Å². The molecule has 0 spiro atoms. The number of carbonyl (C=O) groups excluding carboxylic acids is 3. The molecule has 186 valence electrons. The molecule has 2 aromatic carbocycles. The van der Waals surface area contributed by atoms with Gasteiger partial charge in [-0.25, -0.2) is 8.42 Å². The van der Waals surface area contributed by atoms with Crippen molar-refractivity contribution in [3.8, 4) is 0 Å². The van der Waals surface area contributed by atoms with Crippen molar-refractivity contribution in [2.75, 3.05) is 26.2 Å². The second-order valence-electron chi connectivity index (χ2n) is 8.92. The molecule has 2 fully saturated rings. The molecule has 2 aromatic rings. The Kier molecular flexibility index (Phi) is 7.82. The molecule has 0 saturated carbocycles. The van der Waals surface area contributed by atoms with Gasteiger partial charge in [-0.3, -0.25) is 25.2 Å². The minimum atomic E-state index is -3.55. The molecular formula is C25H30N4O5S. The van der Waals surface area contributed by atoms with Crippen LogP contribution in [0.2, 0.25) is 0 Å². The Hall–Kier alpha value is -3.24. The summed E-state index contributed by atoms with van der Waals surface area (Å²) in [6, 6.07) is 15.1. The minimum Gasteiger partial charge on any atom is -0.342 e. The van der Waals surface area contributed by atoms with E-state index in [4.69, 9.17) is 0 Å². The third-order valence-electron chi connectivity index (χ3n) is 6.46. The van der Waals surface area contributed by atoms with Gasteiger partial charge < -0.3 is 4.90 Å². The molecule has 0 aromatic heterocycles. The molecule has 10 heteroatoms. The van der Waals surface area contributed by atoms with Crippen LogP contribution in [0.5, 0.6) is 0 Å². The number of nitrogens with zero attached hydrogens (tertiary/aromatic N) is 2. The van der Waals surface area contributed by atoms with E-state index in [9.17, 15) is 22.8 Å². The number of sulfonamides is 1. The van der Waals surface area contributed by atoms with Gasteiger partial charge in [-0.05, 0) is 55.5 Å². The third kappa shape index (κ3) is 6.07. The Balaban J connectivity index is 1.28. The van der Waals surface area contributed by atoms with Crippen LogP contribution in [0.25, 0.3) is 0 Å². The molecule has 0 radical (unpaired) electrons. The van der Waals surface area contributed by atoms with E-state index in [1.165, 1.54) is 28.6 Å². The van der Waals surface area contributed by atoms with Crippen molar-refractivity contribution in [2.24, 2.45) is 5.92 Å². The number of hydrogen-bond acceptors (Lipinski definition) is 5. The van der Waals surface area contributed by atoms with Crippen LogP contribution >= 0.6 is 0 Å². The molecule has 3 amide bonds. The van der Waals surface area contributed by atoms with Gasteiger partial charge in [0.2, 0.25) is 21.8 Å². The minimum absolute atomic E-state index is 0.0262. The van der Waals surface area contributed by atoms with Crippen molar-refractivity contribution < 1.29 is 22.8 Å². The Morgan fingerprint density at radius 2 is 1.54 bits per heavy atom. The number of hydrogen-bond donors (Lipinski definition) is 2. The standard InChI is InChI=1S/C25H30N4O5S/c30-23(17-19-7-2-1-3-8-19)28-14-6-9-21(18-28)25(32)27-26-24(31)20-10-12-22(13-11-20)35(33,34)29-15-4-5-16-29/h1-3,7-8,10-13,21H,4-6,9,14-18H2,(H,26,31)(H,27,32). The maximum absolute atomic E-state index is 12.6. The van der Waals surface area contributed by atoms with Crippen molar-refractivity contribution in [2.45, 2.75) is 37.0 Å². The van der Waals surface area contributed by atoms with E-state index in [2.05, 4.69) is 10.9 Å². The molecule has 9 nitrogen and oxygen atoms in total.